The van der Waals surface area contributed by atoms with Gasteiger partial charge < -0.3 is 15.4 Å². The average Bonchev–Trinajstić information content (AvgIpc) is 2.69. The van der Waals surface area contributed by atoms with Crippen molar-refractivity contribution in [3.63, 3.8) is 0 Å². The molecule has 2 unspecified atom stereocenters. The van der Waals surface area contributed by atoms with Crippen molar-refractivity contribution in [1.29, 1.82) is 5.26 Å². The van der Waals surface area contributed by atoms with Crippen LogP contribution in [0.3, 0.4) is 0 Å². The second kappa shape index (κ2) is 6.95. The van der Waals surface area contributed by atoms with Crippen LogP contribution in [0.15, 0.2) is 0 Å². The molecule has 2 N–H and O–H groups in total. The fraction of sp³-hybridized carbons (Fsp3) is 0.923. The van der Waals surface area contributed by atoms with Crippen molar-refractivity contribution in [2.75, 3.05) is 33.4 Å². The molecule has 17 heavy (non-hydrogen) atoms. The van der Waals surface area contributed by atoms with E-state index in [1.165, 1.54) is 0 Å². The zero-order valence-corrected chi connectivity index (χ0v) is 11.1. The maximum absolute atomic E-state index is 9.13. The molecule has 0 spiro atoms. The largest absolute Gasteiger partial charge is 0.380 e. The van der Waals surface area contributed by atoms with Gasteiger partial charge in [0.2, 0.25) is 0 Å². The van der Waals surface area contributed by atoms with Crippen LogP contribution in [0.2, 0.25) is 0 Å². The summed E-state index contributed by atoms with van der Waals surface area (Å²) in [4.78, 5) is 2.26. The maximum Gasteiger partial charge on any atom is 0.107 e. The van der Waals surface area contributed by atoms with Crippen LogP contribution in [-0.4, -0.2) is 43.8 Å². The third kappa shape index (κ3) is 4.27. The van der Waals surface area contributed by atoms with Gasteiger partial charge >= 0.3 is 0 Å². The lowest BCUT2D eigenvalue weighted by Crippen LogP contribution is -2.43. The second-order valence-electron chi connectivity index (χ2n) is 5.03. The van der Waals surface area contributed by atoms with Crippen LogP contribution in [0.5, 0.6) is 0 Å². The SMILES string of the molecule is CCOCCN(C)CCC1CCCC1(N)C#N. The predicted octanol–water partition coefficient (Wildman–Crippen LogP) is 1.37. The van der Waals surface area contributed by atoms with Gasteiger partial charge in [-0.15, -0.1) is 0 Å². The average molecular weight is 239 g/mol. The first-order chi connectivity index (χ1) is 8.12. The molecule has 0 aromatic rings. The molecule has 0 heterocycles. The molecule has 1 fully saturated rings. The summed E-state index contributed by atoms with van der Waals surface area (Å²) in [6, 6.07) is 2.30. The lowest BCUT2D eigenvalue weighted by atomic mass is 9.87. The maximum atomic E-state index is 9.13. The summed E-state index contributed by atoms with van der Waals surface area (Å²) in [5.74, 6) is 0.363. The van der Waals surface area contributed by atoms with Gasteiger partial charge in [0, 0.05) is 13.2 Å². The Morgan fingerprint density at radius 1 is 1.53 bits per heavy atom. The molecular weight excluding hydrogens is 214 g/mol. The topological polar surface area (TPSA) is 62.3 Å². The first-order valence-electron chi connectivity index (χ1n) is 6.59. The van der Waals surface area contributed by atoms with E-state index in [1.807, 2.05) is 6.92 Å². The highest BCUT2D eigenvalue weighted by molar-refractivity contribution is 5.11. The van der Waals surface area contributed by atoms with E-state index in [4.69, 9.17) is 15.7 Å². The molecule has 98 valence electrons. The number of nitriles is 1. The summed E-state index contributed by atoms with van der Waals surface area (Å²) in [7, 11) is 2.10. The van der Waals surface area contributed by atoms with Gasteiger partial charge in [0.05, 0.1) is 12.7 Å². The van der Waals surface area contributed by atoms with E-state index in [2.05, 4.69) is 18.0 Å². The van der Waals surface area contributed by atoms with Crippen molar-refractivity contribution in [2.45, 2.75) is 38.1 Å². The molecule has 0 amide bonds. The Balaban J connectivity index is 2.24. The first-order valence-corrected chi connectivity index (χ1v) is 6.59. The van der Waals surface area contributed by atoms with Crippen molar-refractivity contribution in [1.82, 2.24) is 4.90 Å². The van der Waals surface area contributed by atoms with Crippen LogP contribution in [0, 0.1) is 17.2 Å². The minimum Gasteiger partial charge on any atom is -0.380 e. The molecule has 0 bridgehead atoms. The smallest absolute Gasteiger partial charge is 0.107 e. The summed E-state index contributed by atoms with van der Waals surface area (Å²) in [6.07, 6.45) is 4.07. The molecule has 4 nitrogen and oxygen atoms in total. The number of nitrogens with two attached hydrogens (primary N) is 1. The molecule has 0 saturated heterocycles. The van der Waals surface area contributed by atoms with Crippen LogP contribution in [0.4, 0.5) is 0 Å². The summed E-state index contributed by atoms with van der Waals surface area (Å²) in [6.45, 7) is 5.51. The van der Waals surface area contributed by atoms with Crippen LogP contribution < -0.4 is 5.73 Å². The molecule has 4 heteroatoms. The lowest BCUT2D eigenvalue weighted by molar-refractivity contribution is 0.119. The van der Waals surface area contributed by atoms with Crippen molar-refractivity contribution >= 4 is 0 Å². The molecule has 0 aliphatic heterocycles. The van der Waals surface area contributed by atoms with E-state index < -0.39 is 5.54 Å². The van der Waals surface area contributed by atoms with Gasteiger partial charge in [-0.2, -0.15) is 5.26 Å². The van der Waals surface area contributed by atoms with Gasteiger partial charge in [0.1, 0.15) is 5.54 Å². The Kier molecular flexibility index (Phi) is 5.90. The van der Waals surface area contributed by atoms with E-state index in [0.29, 0.717) is 5.92 Å². The van der Waals surface area contributed by atoms with Gasteiger partial charge in [0.15, 0.2) is 0 Å². The Bertz CT molecular complexity index is 264. The van der Waals surface area contributed by atoms with E-state index in [-0.39, 0.29) is 0 Å². The van der Waals surface area contributed by atoms with Crippen molar-refractivity contribution < 1.29 is 4.74 Å². The summed E-state index contributed by atoms with van der Waals surface area (Å²) >= 11 is 0. The number of ether oxygens (including phenoxy) is 1. The van der Waals surface area contributed by atoms with Gasteiger partial charge in [-0.05, 0) is 45.7 Å². The van der Waals surface area contributed by atoms with E-state index in [9.17, 15) is 0 Å². The third-order valence-corrected chi connectivity index (χ3v) is 3.76. The summed E-state index contributed by atoms with van der Waals surface area (Å²) in [5.41, 5.74) is 5.54. The van der Waals surface area contributed by atoms with Gasteiger partial charge in [-0.1, -0.05) is 6.42 Å². The highest BCUT2D eigenvalue weighted by Crippen LogP contribution is 2.35. The van der Waals surface area contributed by atoms with Crippen molar-refractivity contribution in [3.8, 4) is 6.07 Å². The molecule has 1 rings (SSSR count). The van der Waals surface area contributed by atoms with Crippen molar-refractivity contribution in [2.24, 2.45) is 11.7 Å². The quantitative estimate of drug-likeness (QED) is 0.682. The Morgan fingerprint density at radius 2 is 2.29 bits per heavy atom. The number of hydrogen-bond donors (Lipinski definition) is 1. The molecule has 1 aliphatic rings. The van der Waals surface area contributed by atoms with E-state index in [0.717, 1.165) is 52.0 Å². The normalized spacial score (nSPS) is 28.5. The van der Waals surface area contributed by atoms with E-state index in [1.54, 1.807) is 0 Å². The zero-order valence-electron chi connectivity index (χ0n) is 11.1. The molecule has 1 aliphatic carbocycles. The number of nitrogens with zero attached hydrogens (tertiary/aromatic N) is 2. The highest BCUT2D eigenvalue weighted by atomic mass is 16.5. The minimum absolute atomic E-state index is 0.363. The van der Waals surface area contributed by atoms with Crippen LogP contribution in [0.25, 0.3) is 0 Å². The zero-order chi connectivity index (χ0) is 12.7. The first kappa shape index (κ1) is 14.4. The van der Waals surface area contributed by atoms with Gasteiger partial charge in [-0.3, -0.25) is 0 Å². The standard InChI is InChI=1S/C13H25N3O/c1-3-17-10-9-16(2)8-6-12-5-4-7-13(12,15)11-14/h12H,3-10,15H2,1-2H3. The monoisotopic (exact) mass is 239 g/mol. The number of hydrogen-bond acceptors (Lipinski definition) is 4. The molecule has 0 aromatic carbocycles. The Hall–Kier alpha value is -0.630. The molecule has 2 atom stereocenters. The fourth-order valence-corrected chi connectivity index (χ4v) is 2.50. The van der Waals surface area contributed by atoms with Gasteiger partial charge in [0.25, 0.3) is 0 Å². The number of likely N-dealkylation sites (N-methyl/N-ethyl adjacent to an activating group) is 1. The molecule has 0 aromatic heterocycles. The molecule has 1 saturated carbocycles. The summed E-state index contributed by atoms with van der Waals surface area (Å²) in [5, 5.41) is 9.13. The fourth-order valence-electron chi connectivity index (χ4n) is 2.50. The second-order valence-corrected chi connectivity index (χ2v) is 5.03. The Morgan fingerprint density at radius 3 is 2.94 bits per heavy atom. The molecular formula is C13H25N3O. The predicted molar refractivity (Wildman–Crippen MR) is 68.5 cm³/mol. The van der Waals surface area contributed by atoms with Crippen LogP contribution in [0.1, 0.15) is 32.6 Å². The highest BCUT2D eigenvalue weighted by Gasteiger charge is 2.39. The summed E-state index contributed by atoms with van der Waals surface area (Å²) < 4.78 is 5.32. The molecule has 0 radical (unpaired) electrons. The van der Waals surface area contributed by atoms with Crippen LogP contribution >= 0.6 is 0 Å². The van der Waals surface area contributed by atoms with Gasteiger partial charge in [-0.25, -0.2) is 0 Å². The lowest BCUT2D eigenvalue weighted by Gasteiger charge is -2.26. The number of rotatable bonds is 7. The van der Waals surface area contributed by atoms with Crippen LogP contribution in [-0.2, 0) is 4.74 Å². The Labute approximate surface area is 105 Å². The minimum atomic E-state index is -0.569. The van der Waals surface area contributed by atoms with Crippen molar-refractivity contribution in [3.05, 3.63) is 0 Å². The van der Waals surface area contributed by atoms with E-state index >= 15 is 0 Å². The third-order valence-electron chi connectivity index (χ3n) is 3.76.